The van der Waals surface area contributed by atoms with Crippen LogP contribution in [0.5, 0.6) is 0 Å². The van der Waals surface area contributed by atoms with Gasteiger partial charge in [-0.3, -0.25) is 0 Å². The van der Waals surface area contributed by atoms with Crippen molar-refractivity contribution >= 4 is 0 Å². The quantitative estimate of drug-likeness (QED) is 0.824. The second-order valence-corrected chi connectivity index (χ2v) is 5.40. The van der Waals surface area contributed by atoms with E-state index in [1.807, 2.05) is 0 Å². The zero-order valence-corrected chi connectivity index (χ0v) is 11.4. The highest BCUT2D eigenvalue weighted by Crippen LogP contribution is 2.40. The van der Waals surface area contributed by atoms with E-state index in [0.717, 1.165) is 5.92 Å². The Bertz CT molecular complexity index is 358. The molecular formula is C16H25N. The van der Waals surface area contributed by atoms with E-state index in [2.05, 4.69) is 50.5 Å². The van der Waals surface area contributed by atoms with Crippen LogP contribution in [0.15, 0.2) is 24.3 Å². The zero-order valence-electron chi connectivity index (χ0n) is 11.4. The SMILES string of the molecule is CCCC(NC)C1CCC(C)c2ccccc21. The van der Waals surface area contributed by atoms with Gasteiger partial charge in [-0.2, -0.15) is 0 Å². The summed E-state index contributed by atoms with van der Waals surface area (Å²) in [6, 6.07) is 9.70. The lowest BCUT2D eigenvalue weighted by Gasteiger charge is -2.35. The molecule has 2 rings (SSSR count). The Balaban J connectivity index is 2.28. The molecule has 1 aliphatic rings. The number of rotatable bonds is 4. The van der Waals surface area contributed by atoms with Crippen LogP contribution in [0, 0.1) is 0 Å². The fraction of sp³-hybridized carbons (Fsp3) is 0.625. The lowest BCUT2D eigenvalue weighted by atomic mass is 9.73. The molecule has 3 unspecified atom stereocenters. The maximum absolute atomic E-state index is 3.53. The molecule has 3 atom stereocenters. The number of nitrogens with one attached hydrogen (secondary N) is 1. The van der Waals surface area contributed by atoms with Crippen LogP contribution in [0.3, 0.4) is 0 Å². The summed E-state index contributed by atoms with van der Waals surface area (Å²) in [5, 5.41) is 3.53. The third-order valence-corrected chi connectivity index (χ3v) is 4.29. The molecular weight excluding hydrogens is 206 g/mol. The molecule has 1 aromatic rings. The second-order valence-electron chi connectivity index (χ2n) is 5.40. The Morgan fingerprint density at radius 2 is 1.94 bits per heavy atom. The summed E-state index contributed by atoms with van der Waals surface area (Å²) in [6.45, 7) is 4.64. The number of likely N-dealkylation sites (N-methyl/N-ethyl adjacent to an activating group) is 1. The average Bonchev–Trinajstić information content (AvgIpc) is 2.37. The van der Waals surface area contributed by atoms with E-state index in [9.17, 15) is 0 Å². The van der Waals surface area contributed by atoms with Gasteiger partial charge < -0.3 is 5.32 Å². The van der Waals surface area contributed by atoms with E-state index in [-0.39, 0.29) is 0 Å². The minimum atomic E-state index is 0.647. The Morgan fingerprint density at radius 3 is 2.59 bits per heavy atom. The molecule has 0 aliphatic heterocycles. The number of fused-ring (bicyclic) bond motifs is 1. The third kappa shape index (κ3) is 2.55. The van der Waals surface area contributed by atoms with Gasteiger partial charge in [-0.15, -0.1) is 0 Å². The summed E-state index contributed by atoms with van der Waals surface area (Å²) < 4.78 is 0. The van der Waals surface area contributed by atoms with E-state index in [0.29, 0.717) is 12.0 Å². The molecule has 17 heavy (non-hydrogen) atoms. The van der Waals surface area contributed by atoms with Gasteiger partial charge >= 0.3 is 0 Å². The molecule has 1 aliphatic carbocycles. The van der Waals surface area contributed by atoms with Gasteiger partial charge in [0.2, 0.25) is 0 Å². The van der Waals surface area contributed by atoms with Crippen LogP contribution in [0.25, 0.3) is 0 Å². The molecule has 1 nitrogen and oxygen atoms in total. The molecule has 0 amide bonds. The van der Waals surface area contributed by atoms with Gasteiger partial charge in [-0.05, 0) is 49.3 Å². The van der Waals surface area contributed by atoms with Crippen molar-refractivity contribution in [3.8, 4) is 0 Å². The largest absolute Gasteiger partial charge is 0.316 e. The molecule has 1 N–H and O–H groups in total. The van der Waals surface area contributed by atoms with Gasteiger partial charge in [0.05, 0.1) is 0 Å². The van der Waals surface area contributed by atoms with Crippen molar-refractivity contribution in [2.24, 2.45) is 0 Å². The van der Waals surface area contributed by atoms with Gasteiger partial charge in [0, 0.05) is 6.04 Å². The Labute approximate surface area is 106 Å². The molecule has 1 aromatic carbocycles. The summed E-state index contributed by atoms with van der Waals surface area (Å²) in [4.78, 5) is 0. The second kappa shape index (κ2) is 5.68. The van der Waals surface area contributed by atoms with Crippen LogP contribution < -0.4 is 5.32 Å². The smallest absolute Gasteiger partial charge is 0.0133 e. The average molecular weight is 231 g/mol. The first kappa shape index (κ1) is 12.6. The molecule has 0 bridgehead atoms. The van der Waals surface area contributed by atoms with E-state index < -0.39 is 0 Å². The maximum Gasteiger partial charge on any atom is 0.0133 e. The van der Waals surface area contributed by atoms with E-state index in [4.69, 9.17) is 0 Å². The monoisotopic (exact) mass is 231 g/mol. The van der Waals surface area contributed by atoms with Gasteiger partial charge in [0.15, 0.2) is 0 Å². The summed E-state index contributed by atoms with van der Waals surface area (Å²) in [6.07, 6.45) is 5.22. The standard InChI is InChI=1S/C16H25N/c1-4-7-16(17-3)15-11-10-12(2)13-8-5-6-9-14(13)15/h5-6,8-9,12,15-17H,4,7,10-11H2,1-3H3. The van der Waals surface area contributed by atoms with Gasteiger partial charge in [0.25, 0.3) is 0 Å². The van der Waals surface area contributed by atoms with Crippen molar-refractivity contribution in [2.45, 2.75) is 57.4 Å². The van der Waals surface area contributed by atoms with E-state index >= 15 is 0 Å². The van der Waals surface area contributed by atoms with Crippen LogP contribution >= 0.6 is 0 Å². The fourth-order valence-electron chi connectivity index (χ4n) is 3.31. The predicted molar refractivity (Wildman–Crippen MR) is 74.6 cm³/mol. The number of hydrogen-bond donors (Lipinski definition) is 1. The highest BCUT2D eigenvalue weighted by atomic mass is 14.9. The van der Waals surface area contributed by atoms with E-state index in [1.165, 1.54) is 25.7 Å². The van der Waals surface area contributed by atoms with Crippen molar-refractivity contribution in [2.75, 3.05) is 7.05 Å². The van der Waals surface area contributed by atoms with Crippen LogP contribution in [-0.2, 0) is 0 Å². The molecule has 0 spiro atoms. The van der Waals surface area contributed by atoms with Gasteiger partial charge in [-0.25, -0.2) is 0 Å². The van der Waals surface area contributed by atoms with Crippen LogP contribution in [0.1, 0.15) is 62.5 Å². The molecule has 0 fully saturated rings. The minimum absolute atomic E-state index is 0.647. The molecule has 0 aromatic heterocycles. The highest BCUT2D eigenvalue weighted by molar-refractivity contribution is 5.36. The van der Waals surface area contributed by atoms with Gasteiger partial charge in [-0.1, -0.05) is 44.5 Å². The molecule has 0 saturated carbocycles. The first-order valence-corrected chi connectivity index (χ1v) is 7.04. The summed E-state index contributed by atoms with van der Waals surface area (Å²) in [5.41, 5.74) is 3.18. The highest BCUT2D eigenvalue weighted by Gasteiger charge is 2.28. The van der Waals surface area contributed by atoms with E-state index in [1.54, 1.807) is 11.1 Å². The first-order chi connectivity index (χ1) is 8.27. The number of hydrogen-bond acceptors (Lipinski definition) is 1. The minimum Gasteiger partial charge on any atom is -0.316 e. The topological polar surface area (TPSA) is 12.0 Å². The molecule has 0 heterocycles. The fourth-order valence-corrected chi connectivity index (χ4v) is 3.31. The zero-order chi connectivity index (χ0) is 12.3. The van der Waals surface area contributed by atoms with Crippen molar-refractivity contribution in [1.82, 2.24) is 5.32 Å². The molecule has 1 heteroatoms. The predicted octanol–water partition coefficient (Wildman–Crippen LogP) is 4.06. The van der Waals surface area contributed by atoms with Gasteiger partial charge in [0.1, 0.15) is 0 Å². The Morgan fingerprint density at radius 1 is 1.24 bits per heavy atom. The first-order valence-electron chi connectivity index (χ1n) is 7.04. The summed E-state index contributed by atoms with van der Waals surface area (Å²) >= 11 is 0. The van der Waals surface area contributed by atoms with Crippen LogP contribution in [-0.4, -0.2) is 13.1 Å². The van der Waals surface area contributed by atoms with Crippen molar-refractivity contribution in [3.63, 3.8) is 0 Å². The lowest BCUT2D eigenvalue weighted by Crippen LogP contribution is -2.34. The summed E-state index contributed by atoms with van der Waals surface area (Å²) in [5.74, 6) is 1.45. The molecule has 94 valence electrons. The maximum atomic E-state index is 3.53. The van der Waals surface area contributed by atoms with Crippen LogP contribution in [0.2, 0.25) is 0 Å². The normalized spacial score (nSPS) is 25.4. The summed E-state index contributed by atoms with van der Waals surface area (Å²) in [7, 11) is 2.11. The van der Waals surface area contributed by atoms with Crippen molar-refractivity contribution in [3.05, 3.63) is 35.4 Å². The van der Waals surface area contributed by atoms with Crippen LogP contribution in [0.4, 0.5) is 0 Å². The lowest BCUT2D eigenvalue weighted by molar-refractivity contribution is 0.376. The number of benzene rings is 1. The Hall–Kier alpha value is -0.820. The third-order valence-electron chi connectivity index (χ3n) is 4.29. The molecule has 0 radical (unpaired) electrons. The molecule has 0 saturated heterocycles. The Kier molecular flexibility index (Phi) is 4.22. The van der Waals surface area contributed by atoms with Crippen molar-refractivity contribution in [1.29, 1.82) is 0 Å². The van der Waals surface area contributed by atoms with Crippen molar-refractivity contribution < 1.29 is 0 Å².